The van der Waals surface area contributed by atoms with Crippen LogP contribution in [0, 0.1) is 5.92 Å². The van der Waals surface area contributed by atoms with E-state index in [1.165, 1.54) is 19.4 Å². The van der Waals surface area contributed by atoms with Crippen molar-refractivity contribution in [2.24, 2.45) is 11.7 Å². The lowest BCUT2D eigenvalue weighted by Gasteiger charge is -2.25. The third-order valence-corrected chi connectivity index (χ3v) is 2.87. The Labute approximate surface area is 56.0 Å². The summed E-state index contributed by atoms with van der Waals surface area (Å²) < 4.78 is 0. The second-order valence-electron chi connectivity index (χ2n) is 3.49. The fraction of sp³-hybridized carbons (Fsp3) is 1.00. The normalized spacial score (nSPS) is 50.7. The van der Waals surface area contributed by atoms with Crippen LogP contribution >= 0.6 is 0 Å². The van der Waals surface area contributed by atoms with E-state index in [1.807, 2.05) is 0 Å². The van der Waals surface area contributed by atoms with Crippen LogP contribution in [0.15, 0.2) is 0 Å². The van der Waals surface area contributed by atoms with Crippen LogP contribution in [-0.4, -0.2) is 30.6 Å². The largest absolute Gasteiger partial charge is 0.327 e. The number of piperidine rings is 1. The molecule has 2 N–H and O–H groups in total. The second kappa shape index (κ2) is 1.70. The van der Waals surface area contributed by atoms with Crippen LogP contribution in [0.5, 0.6) is 0 Å². The predicted molar refractivity (Wildman–Crippen MR) is 37.1 cm³/mol. The molecule has 2 heteroatoms. The monoisotopic (exact) mass is 126 g/mol. The highest BCUT2D eigenvalue weighted by molar-refractivity contribution is 4.97. The fourth-order valence-corrected chi connectivity index (χ4v) is 2.22. The van der Waals surface area contributed by atoms with Crippen LogP contribution in [0.2, 0.25) is 0 Å². The van der Waals surface area contributed by atoms with E-state index in [9.17, 15) is 0 Å². The van der Waals surface area contributed by atoms with E-state index >= 15 is 0 Å². The van der Waals surface area contributed by atoms with Gasteiger partial charge in [-0.2, -0.15) is 0 Å². The number of fused-ring (bicyclic) bond motifs is 2. The molecule has 1 aliphatic carbocycles. The molecule has 1 aliphatic heterocycles. The van der Waals surface area contributed by atoms with Crippen LogP contribution in [-0.2, 0) is 0 Å². The average molecular weight is 126 g/mol. The van der Waals surface area contributed by atoms with Crippen LogP contribution in [0.3, 0.4) is 0 Å². The molecule has 0 aromatic carbocycles. The SMILES string of the molecule is CN1CC2CC1C[C@H]2N. The first-order valence-corrected chi connectivity index (χ1v) is 3.73. The molecule has 0 aromatic rings. The van der Waals surface area contributed by atoms with E-state index in [1.54, 1.807) is 0 Å². The van der Waals surface area contributed by atoms with E-state index in [-0.39, 0.29) is 0 Å². The lowest BCUT2D eigenvalue weighted by molar-refractivity contribution is 0.243. The summed E-state index contributed by atoms with van der Waals surface area (Å²) in [6.07, 6.45) is 2.60. The maximum Gasteiger partial charge on any atom is 0.0111 e. The molecule has 0 radical (unpaired) electrons. The zero-order chi connectivity index (χ0) is 6.43. The van der Waals surface area contributed by atoms with E-state index in [0.29, 0.717) is 6.04 Å². The van der Waals surface area contributed by atoms with E-state index in [4.69, 9.17) is 5.73 Å². The Morgan fingerprint density at radius 3 is 2.56 bits per heavy atom. The third-order valence-electron chi connectivity index (χ3n) is 2.87. The van der Waals surface area contributed by atoms with Crippen molar-refractivity contribution in [1.82, 2.24) is 4.90 Å². The highest BCUT2D eigenvalue weighted by Crippen LogP contribution is 2.35. The van der Waals surface area contributed by atoms with Crippen molar-refractivity contribution in [2.45, 2.75) is 24.9 Å². The zero-order valence-electron chi connectivity index (χ0n) is 5.88. The minimum absolute atomic E-state index is 0.520. The number of nitrogens with two attached hydrogens (primary N) is 1. The van der Waals surface area contributed by atoms with Crippen molar-refractivity contribution in [3.05, 3.63) is 0 Å². The summed E-state index contributed by atoms with van der Waals surface area (Å²) in [7, 11) is 2.20. The van der Waals surface area contributed by atoms with Gasteiger partial charge in [-0.1, -0.05) is 0 Å². The molecule has 1 saturated heterocycles. The van der Waals surface area contributed by atoms with Crippen molar-refractivity contribution in [2.75, 3.05) is 13.6 Å². The number of hydrogen-bond acceptors (Lipinski definition) is 2. The minimum atomic E-state index is 0.520. The number of hydrogen-bond donors (Lipinski definition) is 1. The number of nitrogens with zero attached hydrogens (tertiary/aromatic N) is 1. The maximum absolute atomic E-state index is 5.86. The molecular weight excluding hydrogens is 112 g/mol. The van der Waals surface area contributed by atoms with Gasteiger partial charge in [0.05, 0.1) is 0 Å². The van der Waals surface area contributed by atoms with Crippen LogP contribution in [0.25, 0.3) is 0 Å². The zero-order valence-corrected chi connectivity index (χ0v) is 5.88. The summed E-state index contributed by atoms with van der Waals surface area (Å²) in [5.41, 5.74) is 5.86. The molecule has 2 aliphatic rings. The molecule has 2 bridgehead atoms. The molecule has 1 heterocycles. The van der Waals surface area contributed by atoms with Crippen molar-refractivity contribution in [1.29, 1.82) is 0 Å². The second-order valence-corrected chi connectivity index (χ2v) is 3.49. The fourth-order valence-electron chi connectivity index (χ4n) is 2.22. The summed E-state index contributed by atoms with van der Waals surface area (Å²) in [5, 5.41) is 0. The van der Waals surface area contributed by atoms with Gasteiger partial charge in [0, 0.05) is 18.6 Å². The molecule has 0 amide bonds. The summed E-state index contributed by atoms with van der Waals surface area (Å²) in [5.74, 6) is 0.819. The standard InChI is InChI=1S/C7H14N2/c1-9-4-5-2-6(9)3-7(5)8/h5-7H,2-4,8H2,1H3/t5?,6?,7-/m1/s1. The summed E-state index contributed by atoms with van der Waals surface area (Å²) >= 11 is 0. The summed E-state index contributed by atoms with van der Waals surface area (Å²) in [4.78, 5) is 2.44. The van der Waals surface area contributed by atoms with Crippen LogP contribution in [0.4, 0.5) is 0 Å². The van der Waals surface area contributed by atoms with Gasteiger partial charge in [0.1, 0.15) is 0 Å². The smallest absolute Gasteiger partial charge is 0.0111 e. The van der Waals surface area contributed by atoms with E-state index in [0.717, 1.165) is 12.0 Å². The van der Waals surface area contributed by atoms with Crippen molar-refractivity contribution in [3.8, 4) is 0 Å². The minimum Gasteiger partial charge on any atom is -0.327 e. The van der Waals surface area contributed by atoms with Gasteiger partial charge in [0.2, 0.25) is 0 Å². The molecule has 0 aromatic heterocycles. The van der Waals surface area contributed by atoms with Gasteiger partial charge in [-0.05, 0) is 25.8 Å². The first-order chi connectivity index (χ1) is 4.27. The molecular formula is C7H14N2. The average Bonchev–Trinajstić information content (AvgIpc) is 2.24. The lowest BCUT2D eigenvalue weighted by Crippen LogP contribution is -2.38. The van der Waals surface area contributed by atoms with Crippen LogP contribution in [0.1, 0.15) is 12.8 Å². The Hall–Kier alpha value is -0.0800. The van der Waals surface area contributed by atoms with E-state index in [2.05, 4.69) is 11.9 Å². The highest BCUT2D eigenvalue weighted by atomic mass is 15.2. The Bertz CT molecular complexity index is 106. The van der Waals surface area contributed by atoms with Crippen molar-refractivity contribution >= 4 is 0 Å². The molecule has 3 atom stereocenters. The number of rotatable bonds is 0. The summed E-state index contributed by atoms with van der Waals surface area (Å²) in [6, 6.07) is 1.34. The van der Waals surface area contributed by atoms with E-state index < -0.39 is 0 Å². The van der Waals surface area contributed by atoms with Crippen molar-refractivity contribution in [3.63, 3.8) is 0 Å². The molecule has 0 spiro atoms. The van der Waals surface area contributed by atoms with Gasteiger partial charge in [0.25, 0.3) is 0 Å². The molecule has 1 saturated carbocycles. The Morgan fingerprint density at radius 1 is 1.44 bits per heavy atom. The topological polar surface area (TPSA) is 29.3 Å². The predicted octanol–water partition coefficient (Wildman–Crippen LogP) is 0.0377. The van der Waals surface area contributed by atoms with Gasteiger partial charge in [-0.25, -0.2) is 0 Å². The maximum atomic E-state index is 5.86. The first-order valence-electron chi connectivity index (χ1n) is 3.73. The summed E-state index contributed by atoms with van der Waals surface area (Å²) in [6.45, 7) is 1.24. The van der Waals surface area contributed by atoms with Gasteiger partial charge in [-0.15, -0.1) is 0 Å². The quantitative estimate of drug-likeness (QED) is 0.496. The first kappa shape index (κ1) is 5.69. The molecule has 2 unspecified atom stereocenters. The molecule has 2 fully saturated rings. The van der Waals surface area contributed by atoms with Gasteiger partial charge in [-0.3, -0.25) is 0 Å². The number of likely N-dealkylation sites (tertiary alicyclic amines) is 1. The van der Waals surface area contributed by atoms with Gasteiger partial charge >= 0.3 is 0 Å². The Morgan fingerprint density at radius 2 is 2.22 bits per heavy atom. The van der Waals surface area contributed by atoms with Gasteiger partial charge in [0.15, 0.2) is 0 Å². The van der Waals surface area contributed by atoms with Crippen LogP contribution < -0.4 is 5.73 Å². The Balaban J connectivity index is 2.10. The third kappa shape index (κ3) is 0.700. The molecule has 2 rings (SSSR count). The molecule has 52 valence electrons. The van der Waals surface area contributed by atoms with Gasteiger partial charge < -0.3 is 10.6 Å². The van der Waals surface area contributed by atoms with Crippen molar-refractivity contribution < 1.29 is 0 Å². The molecule has 9 heavy (non-hydrogen) atoms. The highest BCUT2D eigenvalue weighted by Gasteiger charge is 2.40. The lowest BCUT2D eigenvalue weighted by atomic mass is 10.1. The Kier molecular flexibility index (Phi) is 1.08. The molecule has 2 nitrogen and oxygen atoms in total.